The van der Waals surface area contributed by atoms with Crippen molar-refractivity contribution in [2.45, 2.75) is 13.8 Å². The van der Waals surface area contributed by atoms with Crippen LogP contribution in [0.1, 0.15) is 11.1 Å². The molecule has 0 aliphatic carbocycles. The Kier molecular flexibility index (Phi) is 3.90. The van der Waals surface area contributed by atoms with Gasteiger partial charge in [-0.05, 0) is 31.0 Å². The molecule has 1 N–H and O–H groups in total. The molecule has 3 aromatic rings. The Bertz CT molecular complexity index is 786. The van der Waals surface area contributed by atoms with Gasteiger partial charge < -0.3 is 14.8 Å². The van der Waals surface area contributed by atoms with E-state index in [1.807, 2.05) is 18.2 Å². The topological polar surface area (TPSA) is 43.4 Å². The second-order valence-electron chi connectivity index (χ2n) is 5.07. The van der Waals surface area contributed by atoms with Gasteiger partial charge in [0, 0.05) is 17.8 Å². The average molecular weight is 314 g/mol. The third kappa shape index (κ3) is 2.60. The molecule has 0 spiro atoms. The summed E-state index contributed by atoms with van der Waals surface area (Å²) in [6.45, 7) is 4.21. The number of hydrogen-bond donors (Lipinski definition) is 1. The number of aryl methyl sites for hydroxylation is 1. The first kappa shape index (κ1) is 14.7. The van der Waals surface area contributed by atoms with Crippen LogP contribution in [0, 0.1) is 13.8 Å². The van der Waals surface area contributed by atoms with Crippen LogP contribution in [-0.2, 0) is 0 Å². The molecule has 22 heavy (non-hydrogen) atoms. The zero-order valence-corrected chi connectivity index (χ0v) is 13.9. The van der Waals surface area contributed by atoms with Gasteiger partial charge in [0.2, 0.25) is 0 Å². The summed E-state index contributed by atoms with van der Waals surface area (Å²) in [4.78, 5) is 4.63. The highest BCUT2D eigenvalue weighted by Crippen LogP contribution is 2.37. The van der Waals surface area contributed by atoms with Gasteiger partial charge in [-0.1, -0.05) is 23.5 Å². The Morgan fingerprint density at radius 2 is 1.77 bits per heavy atom. The summed E-state index contributed by atoms with van der Waals surface area (Å²) in [6.07, 6.45) is 0. The van der Waals surface area contributed by atoms with Crippen molar-refractivity contribution in [2.24, 2.45) is 0 Å². The lowest BCUT2D eigenvalue weighted by molar-refractivity contribution is 0.356. The van der Waals surface area contributed by atoms with Crippen molar-refractivity contribution in [3.05, 3.63) is 41.5 Å². The minimum absolute atomic E-state index is 0.693. The Hall–Kier alpha value is -2.27. The quantitative estimate of drug-likeness (QED) is 0.759. The van der Waals surface area contributed by atoms with E-state index in [9.17, 15) is 0 Å². The van der Waals surface area contributed by atoms with Gasteiger partial charge in [0.05, 0.1) is 24.4 Å². The number of aromatic nitrogens is 1. The van der Waals surface area contributed by atoms with E-state index in [-0.39, 0.29) is 0 Å². The maximum atomic E-state index is 5.34. The predicted octanol–water partition coefficient (Wildman–Crippen LogP) is 4.67. The molecule has 1 aromatic heterocycles. The highest BCUT2D eigenvalue weighted by Gasteiger charge is 2.11. The van der Waals surface area contributed by atoms with Crippen molar-refractivity contribution in [3.8, 4) is 11.5 Å². The van der Waals surface area contributed by atoms with E-state index < -0.39 is 0 Å². The molecule has 0 aliphatic rings. The molecule has 0 unspecified atom stereocenters. The number of fused-ring (bicyclic) bond motifs is 1. The summed E-state index contributed by atoms with van der Waals surface area (Å²) < 4.78 is 11.7. The molecule has 4 nitrogen and oxygen atoms in total. The monoisotopic (exact) mass is 314 g/mol. The molecule has 1 heterocycles. The number of ether oxygens (including phenoxy) is 2. The number of benzene rings is 2. The average Bonchev–Trinajstić information content (AvgIpc) is 2.91. The smallest absolute Gasteiger partial charge is 0.188 e. The summed E-state index contributed by atoms with van der Waals surface area (Å²) >= 11 is 1.60. The molecule has 2 aromatic carbocycles. The molecule has 3 rings (SSSR count). The summed E-state index contributed by atoms with van der Waals surface area (Å²) in [5.41, 5.74) is 4.47. The molecule has 0 bridgehead atoms. The molecule has 0 aliphatic heterocycles. The summed E-state index contributed by atoms with van der Waals surface area (Å²) in [5, 5.41) is 4.26. The molecule has 0 atom stereocenters. The molecule has 114 valence electrons. The van der Waals surface area contributed by atoms with E-state index in [1.165, 1.54) is 11.1 Å². The lowest BCUT2D eigenvalue weighted by Crippen LogP contribution is -1.93. The molecule has 0 fully saturated rings. The van der Waals surface area contributed by atoms with E-state index in [1.54, 1.807) is 25.6 Å². The minimum Gasteiger partial charge on any atom is -0.493 e. The summed E-state index contributed by atoms with van der Waals surface area (Å²) in [6, 6.07) is 10.1. The summed E-state index contributed by atoms with van der Waals surface area (Å²) in [7, 11) is 3.27. The molecule has 5 heteroatoms. The fraction of sp³-hybridized carbons (Fsp3) is 0.235. The van der Waals surface area contributed by atoms with Crippen LogP contribution in [0.4, 0.5) is 10.8 Å². The maximum Gasteiger partial charge on any atom is 0.188 e. The SMILES string of the molecule is COc1cc2nc(Nc3cccc(C)c3C)sc2cc1OC. The number of nitrogens with one attached hydrogen (secondary N) is 1. The highest BCUT2D eigenvalue weighted by molar-refractivity contribution is 7.22. The fourth-order valence-corrected chi connectivity index (χ4v) is 3.20. The predicted molar refractivity (Wildman–Crippen MR) is 91.9 cm³/mol. The van der Waals surface area contributed by atoms with Crippen molar-refractivity contribution in [3.63, 3.8) is 0 Å². The number of nitrogens with zero attached hydrogens (tertiary/aromatic N) is 1. The van der Waals surface area contributed by atoms with Crippen LogP contribution in [0.25, 0.3) is 10.2 Å². The van der Waals surface area contributed by atoms with Crippen LogP contribution < -0.4 is 14.8 Å². The highest BCUT2D eigenvalue weighted by atomic mass is 32.1. The standard InChI is InChI=1S/C17H18N2O2S/c1-10-6-5-7-12(11(10)2)18-17-19-13-8-14(20-3)15(21-4)9-16(13)22-17/h5-9H,1-4H3,(H,18,19). The van der Waals surface area contributed by atoms with Gasteiger partial charge >= 0.3 is 0 Å². The molecular weight excluding hydrogens is 296 g/mol. The first-order valence-electron chi connectivity index (χ1n) is 6.98. The number of anilines is 2. The first-order chi connectivity index (χ1) is 10.6. The lowest BCUT2D eigenvalue weighted by Gasteiger charge is -2.08. The Labute approximate surface area is 133 Å². The molecule has 0 saturated heterocycles. The van der Waals surface area contributed by atoms with Crippen molar-refractivity contribution in [1.82, 2.24) is 4.98 Å². The number of hydrogen-bond acceptors (Lipinski definition) is 5. The molecular formula is C17H18N2O2S. The minimum atomic E-state index is 0.693. The van der Waals surface area contributed by atoms with E-state index in [0.717, 1.165) is 26.8 Å². The second-order valence-corrected chi connectivity index (χ2v) is 6.10. The van der Waals surface area contributed by atoms with Crippen molar-refractivity contribution in [2.75, 3.05) is 19.5 Å². The van der Waals surface area contributed by atoms with Gasteiger partial charge in [-0.2, -0.15) is 0 Å². The Morgan fingerprint density at radius 1 is 1.05 bits per heavy atom. The van der Waals surface area contributed by atoms with E-state index in [2.05, 4.69) is 36.3 Å². The van der Waals surface area contributed by atoms with Crippen molar-refractivity contribution in [1.29, 1.82) is 0 Å². The van der Waals surface area contributed by atoms with E-state index in [0.29, 0.717) is 5.75 Å². The van der Waals surface area contributed by atoms with Gasteiger partial charge in [-0.15, -0.1) is 0 Å². The zero-order valence-electron chi connectivity index (χ0n) is 13.1. The third-order valence-corrected chi connectivity index (χ3v) is 4.67. The van der Waals surface area contributed by atoms with Crippen molar-refractivity contribution >= 4 is 32.4 Å². The van der Waals surface area contributed by atoms with Crippen LogP contribution in [0.5, 0.6) is 11.5 Å². The number of thiazole rings is 1. The van der Waals surface area contributed by atoms with Gasteiger partial charge in [0.15, 0.2) is 16.6 Å². The normalized spacial score (nSPS) is 10.7. The van der Waals surface area contributed by atoms with Crippen molar-refractivity contribution < 1.29 is 9.47 Å². The van der Waals surface area contributed by atoms with Gasteiger partial charge in [-0.3, -0.25) is 0 Å². The summed E-state index contributed by atoms with van der Waals surface area (Å²) in [5.74, 6) is 1.41. The van der Waals surface area contributed by atoms with Gasteiger partial charge in [0.25, 0.3) is 0 Å². The molecule has 0 amide bonds. The van der Waals surface area contributed by atoms with Crippen LogP contribution in [0.15, 0.2) is 30.3 Å². The van der Waals surface area contributed by atoms with Crippen LogP contribution in [0.3, 0.4) is 0 Å². The Morgan fingerprint density at radius 3 is 2.50 bits per heavy atom. The van der Waals surface area contributed by atoms with Gasteiger partial charge in [0.1, 0.15) is 0 Å². The Balaban J connectivity index is 2.00. The van der Waals surface area contributed by atoms with Crippen LogP contribution in [0.2, 0.25) is 0 Å². The number of rotatable bonds is 4. The zero-order chi connectivity index (χ0) is 15.7. The lowest BCUT2D eigenvalue weighted by atomic mass is 10.1. The first-order valence-corrected chi connectivity index (χ1v) is 7.80. The third-order valence-electron chi connectivity index (χ3n) is 3.74. The fourth-order valence-electron chi connectivity index (χ4n) is 2.31. The number of methoxy groups -OCH3 is 2. The largest absolute Gasteiger partial charge is 0.493 e. The maximum absolute atomic E-state index is 5.34. The molecule has 0 radical (unpaired) electrons. The van der Waals surface area contributed by atoms with Crippen LogP contribution >= 0.6 is 11.3 Å². The van der Waals surface area contributed by atoms with Crippen LogP contribution in [-0.4, -0.2) is 19.2 Å². The van der Waals surface area contributed by atoms with E-state index >= 15 is 0 Å². The second kappa shape index (κ2) is 5.85. The molecule has 0 saturated carbocycles. The van der Waals surface area contributed by atoms with Gasteiger partial charge in [-0.25, -0.2) is 4.98 Å². The van der Waals surface area contributed by atoms with E-state index in [4.69, 9.17) is 9.47 Å².